The third kappa shape index (κ3) is 0.992. The molecule has 1 heteroatoms. The molecule has 14 heavy (non-hydrogen) atoms. The van der Waals surface area contributed by atoms with E-state index < -0.39 is 0 Å². The van der Waals surface area contributed by atoms with Crippen LogP contribution in [-0.2, 0) is 18.0 Å². The van der Waals surface area contributed by atoms with Crippen molar-refractivity contribution >= 4 is 10.8 Å². The molecule has 0 fully saturated rings. The zero-order chi connectivity index (χ0) is 9.54. The van der Waals surface area contributed by atoms with Crippen molar-refractivity contribution in [2.75, 3.05) is 0 Å². The largest absolute Gasteiger partial charge is 0.372 e. The van der Waals surface area contributed by atoms with Crippen molar-refractivity contribution < 1.29 is 4.74 Å². The van der Waals surface area contributed by atoms with E-state index in [1.54, 1.807) is 0 Å². The van der Waals surface area contributed by atoms with Gasteiger partial charge in [-0.25, -0.2) is 0 Å². The Labute approximate surface area is 83.3 Å². The van der Waals surface area contributed by atoms with Crippen LogP contribution in [0.4, 0.5) is 0 Å². The SMILES string of the molecule is Cc1c2c(cc3ccccc13)COC2. The maximum Gasteiger partial charge on any atom is 0.0727 e. The summed E-state index contributed by atoms with van der Waals surface area (Å²) in [7, 11) is 0. The van der Waals surface area contributed by atoms with Crippen LogP contribution >= 0.6 is 0 Å². The molecular weight excluding hydrogens is 172 g/mol. The van der Waals surface area contributed by atoms with Gasteiger partial charge in [-0.3, -0.25) is 0 Å². The van der Waals surface area contributed by atoms with Crippen LogP contribution in [0.15, 0.2) is 30.3 Å². The number of ether oxygens (including phenoxy) is 1. The van der Waals surface area contributed by atoms with Crippen LogP contribution in [0.3, 0.4) is 0 Å². The van der Waals surface area contributed by atoms with E-state index in [0.717, 1.165) is 13.2 Å². The molecule has 2 aromatic carbocycles. The Kier molecular flexibility index (Phi) is 1.62. The van der Waals surface area contributed by atoms with Crippen molar-refractivity contribution in [3.05, 3.63) is 47.0 Å². The minimum atomic E-state index is 0.779. The van der Waals surface area contributed by atoms with Gasteiger partial charge in [-0.2, -0.15) is 0 Å². The highest BCUT2D eigenvalue weighted by Crippen LogP contribution is 2.30. The Balaban J connectivity index is 2.44. The highest BCUT2D eigenvalue weighted by atomic mass is 16.5. The van der Waals surface area contributed by atoms with Crippen molar-refractivity contribution in [1.29, 1.82) is 0 Å². The number of benzene rings is 2. The molecule has 1 aliphatic rings. The van der Waals surface area contributed by atoms with Gasteiger partial charge in [0.25, 0.3) is 0 Å². The summed E-state index contributed by atoms with van der Waals surface area (Å²) in [6.07, 6.45) is 0. The van der Waals surface area contributed by atoms with Crippen molar-refractivity contribution in [1.82, 2.24) is 0 Å². The Morgan fingerprint density at radius 1 is 1.14 bits per heavy atom. The minimum absolute atomic E-state index is 0.779. The molecule has 0 amide bonds. The van der Waals surface area contributed by atoms with Crippen LogP contribution in [0.2, 0.25) is 0 Å². The molecule has 2 aromatic rings. The first-order chi connectivity index (χ1) is 6.86. The van der Waals surface area contributed by atoms with Gasteiger partial charge in [0.15, 0.2) is 0 Å². The molecule has 0 atom stereocenters. The molecule has 0 saturated carbocycles. The van der Waals surface area contributed by atoms with Crippen molar-refractivity contribution in [3.63, 3.8) is 0 Å². The summed E-state index contributed by atoms with van der Waals surface area (Å²) in [6, 6.07) is 10.8. The van der Waals surface area contributed by atoms with Gasteiger partial charge in [-0.05, 0) is 40.5 Å². The monoisotopic (exact) mass is 184 g/mol. The first-order valence-electron chi connectivity index (χ1n) is 4.94. The fourth-order valence-electron chi connectivity index (χ4n) is 2.24. The standard InChI is InChI=1S/C13H12O/c1-9-12-5-3-2-4-10(12)6-11-7-14-8-13(9)11/h2-6H,7-8H2,1H3. The second kappa shape index (κ2) is 2.82. The molecule has 0 N–H and O–H groups in total. The zero-order valence-corrected chi connectivity index (χ0v) is 8.21. The number of hydrogen-bond donors (Lipinski definition) is 0. The van der Waals surface area contributed by atoms with Gasteiger partial charge in [-0.15, -0.1) is 0 Å². The van der Waals surface area contributed by atoms with Crippen LogP contribution in [0.1, 0.15) is 16.7 Å². The molecule has 3 rings (SSSR count). The molecule has 70 valence electrons. The fraction of sp³-hybridized carbons (Fsp3) is 0.231. The van der Waals surface area contributed by atoms with E-state index in [9.17, 15) is 0 Å². The van der Waals surface area contributed by atoms with Gasteiger partial charge in [-0.1, -0.05) is 24.3 Å². The lowest BCUT2D eigenvalue weighted by Gasteiger charge is -2.07. The second-order valence-electron chi connectivity index (χ2n) is 3.85. The molecule has 0 aliphatic carbocycles. The quantitative estimate of drug-likeness (QED) is 0.611. The molecule has 1 aliphatic heterocycles. The van der Waals surface area contributed by atoms with Gasteiger partial charge in [0, 0.05) is 0 Å². The van der Waals surface area contributed by atoms with Crippen molar-refractivity contribution in [2.45, 2.75) is 20.1 Å². The third-order valence-electron chi connectivity index (χ3n) is 3.04. The third-order valence-corrected chi connectivity index (χ3v) is 3.04. The minimum Gasteiger partial charge on any atom is -0.372 e. The molecule has 0 spiro atoms. The van der Waals surface area contributed by atoms with E-state index in [0.29, 0.717) is 0 Å². The Hall–Kier alpha value is -1.34. The average Bonchev–Trinajstić information content (AvgIpc) is 2.66. The van der Waals surface area contributed by atoms with Crippen LogP contribution in [0.25, 0.3) is 10.8 Å². The predicted molar refractivity (Wildman–Crippen MR) is 57.2 cm³/mol. The second-order valence-corrected chi connectivity index (χ2v) is 3.85. The lowest BCUT2D eigenvalue weighted by Crippen LogP contribution is -1.89. The Morgan fingerprint density at radius 2 is 2.00 bits per heavy atom. The molecular formula is C13H12O. The summed E-state index contributed by atoms with van der Waals surface area (Å²) in [5.74, 6) is 0. The van der Waals surface area contributed by atoms with E-state index >= 15 is 0 Å². The van der Waals surface area contributed by atoms with Crippen LogP contribution in [-0.4, -0.2) is 0 Å². The van der Waals surface area contributed by atoms with Crippen LogP contribution < -0.4 is 0 Å². The number of hydrogen-bond acceptors (Lipinski definition) is 1. The smallest absolute Gasteiger partial charge is 0.0727 e. The van der Waals surface area contributed by atoms with E-state index in [1.165, 1.54) is 27.5 Å². The maximum absolute atomic E-state index is 5.47. The lowest BCUT2D eigenvalue weighted by atomic mass is 9.97. The van der Waals surface area contributed by atoms with Crippen molar-refractivity contribution in [2.24, 2.45) is 0 Å². The summed E-state index contributed by atoms with van der Waals surface area (Å²) in [5, 5.41) is 2.69. The molecule has 0 bridgehead atoms. The molecule has 1 heterocycles. The van der Waals surface area contributed by atoms with Gasteiger partial charge in [0.05, 0.1) is 13.2 Å². The van der Waals surface area contributed by atoms with Gasteiger partial charge >= 0.3 is 0 Å². The normalized spacial score (nSPS) is 14.6. The molecule has 0 radical (unpaired) electrons. The van der Waals surface area contributed by atoms with Crippen LogP contribution in [0, 0.1) is 6.92 Å². The van der Waals surface area contributed by atoms with Gasteiger partial charge in [0.2, 0.25) is 0 Å². The Morgan fingerprint density at radius 3 is 2.93 bits per heavy atom. The molecule has 0 unspecified atom stereocenters. The number of aryl methyl sites for hydroxylation is 1. The van der Waals surface area contributed by atoms with Crippen LogP contribution in [0.5, 0.6) is 0 Å². The first kappa shape index (κ1) is 8.01. The zero-order valence-electron chi connectivity index (χ0n) is 8.21. The highest BCUT2D eigenvalue weighted by Gasteiger charge is 2.15. The molecule has 0 saturated heterocycles. The van der Waals surface area contributed by atoms with E-state index in [1.807, 2.05) is 0 Å². The summed E-state index contributed by atoms with van der Waals surface area (Å²) < 4.78 is 5.47. The number of rotatable bonds is 0. The maximum atomic E-state index is 5.47. The van der Waals surface area contributed by atoms with E-state index in [-0.39, 0.29) is 0 Å². The Bertz CT molecular complexity index is 500. The van der Waals surface area contributed by atoms with E-state index in [4.69, 9.17) is 4.74 Å². The predicted octanol–water partition coefficient (Wildman–Crippen LogP) is 3.18. The summed E-state index contributed by atoms with van der Waals surface area (Å²) in [5.41, 5.74) is 4.14. The van der Waals surface area contributed by atoms with Gasteiger partial charge < -0.3 is 4.74 Å². The molecule has 0 aromatic heterocycles. The summed E-state index contributed by atoms with van der Waals surface area (Å²) >= 11 is 0. The van der Waals surface area contributed by atoms with E-state index in [2.05, 4.69) is 37.3 Å². The molecule has 1 nitrogen and oxygen atoms in total. The first-order valence-corrected chi connectivity index (χ1v) is 4.94. The number of fused-ring (bicyclic) bond motifs is 2. The van der Waals surface area contributed by atoms with Gasteiger partial charge in [0.1, 0.15) is 0 Å². The van der Waals surface area contributed by atoms with Crippen molar-refractivity contribution in [3.8, 4) is 0 Å². The summed E-state index contributed by atoms with van der Waals surface area (Å²) in [4.78, 5) is 0. The highest BCUT2D eigenvalue weighted by molar-refractivity contribution is 5.87. The average molecular weight is 184 g/mol. The lowest BCUT2D eigenvalue weighted by molar-refractivity contribution is 0.134. The fourth-order valence-corrected chi connectivity index (χ4v) is 2.24. The topological polar surface area (TPSA) is 9.23 Å². The summed E-state index contributed by atoms with van der Waals surface area (Å²) in [6.45, 7) is 3.75.